The number of hydrogen-bond donors (Lipinski definition) is 1. The van der Waals surface area contributed by atoms with Gasteiger partial charge in [-0.1, -0.05) is 0 Å². The molecule has 1 saturated heterocycles. The van der Waals surface area contributed by atoms with Gasteiger partial charge >= 0.3 is 0 Å². The molecule has 0 amide bonds. The van der Waals surface area contributed by atoms with Crippen molar-refractivity contribution in [2.24, 2.45) is 0 Å². The smallest absolute Gasteiger partial charge is 0.140 e. The molecule has 0 saturated carbocycles. The summed E-state index contributed by atoms with van der Waals surface area (Å²) < 4.78 is 0. The lowest BCUT2D eigenvalue weighted by atomic mass is 10.4. The molecule has 1 fully saturated rings. The van der Waals surface area contributed by atoms with Crippen LogP contribution in [-0.4, -0.2) is 30.4 Å². The van der Waals surface area contributed by atoms with Crippen molar-refractivity contribution in [3.8, 4) is 0 Å². The number of aldehydes is 1. The van der Waals surface area contributed by atoms with Gasteiger partial charge in [0.15, 0.2) is 0 Å². The number of hydrogen-bond acceptors (Lipinski definition) is 4. The molecule has 3 nitrogen and oxygen atoms in total. The second kappa shape index (κ2) is 3.87. The van der Waals surface area contributed by atoms with Crippen molar-refractivity contribution in [2.75, 3.05) is 18.1 Å². The maximum atomic E-state index is 10.2. The van der Waals surface area contributed by atoms with Gasteiger partial charge in [-0.05, 0) is 0 Å². The van der Waals surface area contributed by atoms with Crippen LogP contribution in [0.2, 0.25) is 0 Å². The molecule has 0 aromatic rings. The van der Waals surface area contributed by atoms with Crippen LogP contribution in [0.3, 0.4) is 0 Å². The van der Waals surface area contributed by atoms with Crippen LogP contribution < -0.4 is 5.48 Å². The number of rotatable bonds is 1. The quantitative estimate of drug-likeness (QED) is 0.522. The van der Waals surface area contributed by atoms with E-state index in [-0.39, 0.29) is 6.04 Å². The average Bonchev–Trinajstić information content (AvgIpc) is 2.13. The first-order chi connectivity index (χ1) is 4.43. The summed E-state index contributed by atoms with van der Waals surface area (Å²) >= 11 is 1.73. The van der Waals surface area contributed by atoms with Crippen molar-refractivity contribution in [3.63, 3.8) is 0 Å². The van der Waals surface area contributed by atoms with Gasteiger partial charge in [0.1, 0.15) is 6.29 Å². The SMILES string of the molecule is O=CC1CSCCON1. The molecule has 0 bridgehead atoms. The molecule has 1 N–H and O–H groups in total. The Morgan fingerprint density at radius 3 is 3.44 bits per heavy atom. The zero-order chi connectivity index (χ0) is 6.53. The first-order valence-electron chi connectivity index (χ1n) is 2.84. The van der Waals surface area contributed by atoms with Crippen molar-refractivity contribution in [1.82, 2.24) is 5.48 Å². The predicted molar refractivity (Wildman–Crippen MR) is 36.3 cm³/mol. The minimum absolute atomic E-state index is 0.113. The van der Waals surface area contributed by atoms with Crippen molar-refractivity contribution >= 4 is 18.0 Å². The Morgan fingerprint density at radius 2 is 2.67 bits per heavy atom. The summed E-state index contributed by atoms with van der Waals surface area (Å²) in [4.78, 5) is 15.1. The van der Waals surface area contributed by atoms with E-state index in [2.05, 4.69) is 5.48 Å². The molecule has 1 aliphatic rings. The predicted octanol–water partition coefficient (Wildman–Crippen LogP) is -0.178. The van der Waals surface area contributed by atoms with Gasteiger partial charge in [0, 0.05) is 11.5 Å². The van der Waals surface area contributed by atoms with Crippen LogP contribution in [0.15, 0.2) is 0 Å². The van der Waals surface area contributed by atoms with E-state index in [1.54, 1.807) is 11.8 Å². The van der Waals surface area contributed by atoms with Gasteiger partial charge in [-0.2, -0.15) is 17.2 Å². The molecule has 1 rings (SSSR count). The highest BCUT2D eigenvalue weighted by atomic mass is 32.2. The maximum absolute atomic E-state index is 10.2. The summed E-state index contributed by atoms with van der Waals surface area (Å²) in [5.41, 5.74) is 2.64. The van der Waals surface area contributed by atoms with Crippen molar-refractivity contribution < 1.29 is 9.63 Å². The van der Waals surface area contributed by atoms with Crippen LogP contribution in [0.1, 0.15) is 0 Å². The summed E-state index contributed by atoms with van der Waals surface area (Å²) in [6.07, 6.45) is 0.873. The van der Waals surface area contributed by atoms with Crippen LogP contribution in [-0.2, 0) is 9.63 Å². The fourth-order valence-corrected chi connectivity index (χ4v) is 1.35. The van der Waals surface area contributed by atoms with E-state index in [0.717, 1.165) is 17.8 Å². The van der Waals surface area contributed by atoms with Gasteiger partial charge in [0.05, 0.1) is 12.6 Å². The van der Waals surface area contributed by atoms with Crippen LogP contribution >= 0.6 is 11.8 Å². The van der Waals surface area contributed by atoms with Crippen LogP contribution in [0.4, 0.5) is 0 Å². The van der Waals surface area contributed by atoms with Gasteiger partial charge in [-0.25, -0.2) is 0 Å². The topological polar surface area (TPSA) is 38.3 Å². The minimum atomic E-state index is -0.113. The number of carbonyl (C=O) groups is 1. The van der Waals surface area contributed by atoms with Crippen molar-refractivity contribution in [1.29, 1.82) is 0 Å². The molecule has 0 aromatic heterocycles. The summed E-state index contributed by atoms with van der Waals surface area (Å²) in [5, 5.41) is 0. The molecule has 1 atom stereocenters. The molecule has 1 aliphatic heterocycles. The Labute approximate surface area is 58.1 Å². The lowest BCUT2D eigenvalue weighted by Gasteiger charge is -2.04. The average molecular weight is 147 g/mol. The molecule has 4 heteroatoms. The molecular weight excluding hydrogens is 138 g/mol. The largest absolute Gasteiger partial charge is 0.302 e. The molecule has 1 unspecified atom stereocenters. The van der Waals surface area contributed by atoms with Gasteiger partial charge in [0.2, 0.25) is 0 Å². The molecular formula is C5H9NO2S. The fourth-order valence-electron chi connectivity index (χ4n) is 0.578. The number of nitrogens with one attached hydrogen (secondary N) is 1. The molecule has 9 heavy (non-hydrogen) atoms. The van der Waals surface area contributed by atoms with Crippen LogP contribution in [0, 0.1) is 0 Å². The van der Waals surface area contributed by atoms with Gasteiger partial charge < -0.3 is 9.63 Å². The Bertz CT molecular complexity index is 91.0. The first kappa shape index (κ1) is 7.05. The summed E-state index contributed by atoms with van der Waals surface area (Å²) in [6, 6.07) is -0.113. The Kier molecular flexibility index (Phi) is 3.03. The second-order valence-corrected chi connectivity index (χ2v) is 2.93. The third-order valence-electron chi connectivity index (χ3n) is 1.03. The zero-order valence-electron chi connectivity index (χ0n) is 5.00. The molecule has 0 radical (unpaired) electrons. The van der Waals surface area contributed by atoms with E-state index in [1.165, 1.54) is 0 Å². The fraction of sp³-hybridized carbons (Fsp3) is 0.800. The highest BCUT2D eigenvalue weighted by Gasteiger charge is 2.09. The van der Waals surface area contributed by atoms with Gasteiger partial charge in [-0.15, -0.1) is 0 Å². The number of carbonyl (C=O) groups excluding carboxylic acids is 1. The Morgan fingerprint density at radius 1 is 1.78 bits per heavy atom. The third kappa shape index (κ3) is 2.34. The number of thioether (sulfide) groups is 1. The Balaban J connectivity index is 2.26. The van der Waals surface area contributed by atoms with E-state index in [1.807, 2.05) is 0 Å². The lowest BCUT2D eigenvalue weighted by Crippen LogP contribution is -2.30. The van der Waals surface area contributed by atoms with E-state index < -0.39 is 0 Å². The summed E-state index contributed by atoms with van der Waals surface area (Å²) in [7, 11) is 0. The van der Waals surface area contributed by atoms with E-state index in [0.29, 0.717) is 6.61 Å². The maximum Gasteiger partial charge on any atom is 0.140 e. The van der Waals surface area contributed by atoms with E-state index in [4.69, 9.17) is 4.84 Å². The second-order valence-electron chi connectivity index (χ2n) is 1.78. The highest BCUT2D eigenvalue weighted by Crippen LogP contribution is 2.04. The first-order valence-corrected chi connectivity index (χ1v) is 3.99. The molecule has 0 aliphatic carbocycles. The molecule has 52 valence electrons. The lowest BCUT2D eigenvalue weighted by molar-refractivity contribution is -0.112. The Hall–Kier alpha value is -0.0600. The minimum Gasteiger partial charge on any atom is -0.302 e. The summed E-state index contributed by atoms with van der Waals surface area (Å²) in [6.45, 7) is 0.689. The van der Waals surface area contributed by atoms with Gasteiger partial charge in [-0.3, -0.25) is 0 Å². The normalized spacial score (nSPS) is 29.1. The molecule has 0 aromatic carbocycles. The summed E-state index contributed by atoms with van der Waals surface area (Å²) in [5.74, 6) is 1.79. The monoisotopic (exact) mass is 147 g/mol. The zero-order valence-corrected chi connectivity index (χ0v) is 5.82. The highest BCUT2D eigenvalue weighted by molar-refractivity contribution is 7.99. The van der Waals surface area contributed by atoms with Crippen LogP contribution in [0.25, 0.3) is 0 Å². The van der Waals surface area contributed by atoms with Crippen LogP contribution in [0.5, 0.6) is 0 Å². The third-order valence-corrected chi connectivity index (χ3v) is 2.08. The van der Waals surface area contributed by atoms with E-state index >= 15 is 0 Å². The van der Waals surface area contributed by atoms with Crippen molar-refractivity contribution in [2.45, 2.75) is 6.04 Å². The van der Waals surface area contributed by atoms with Crippen molar-refractivity contribution in [3.05, 3.63) is 0 Å². The molecule has 1 heterocycles. The standard InChI is InChI=1S/C5H9NO2S/c7-3-5-4-9-2-1-8-6-5/h3,5-6H,1-2,4H2. The molecule has 0 spiro atoms. The number of hydroxylamine groups is 1. The van der Waals surface area contributed by atoms with Gasteiger partial charge in [0.25, 0.3) is 0 Å². The van der Waals surface area contributed by atoms with E-state index in [9.17, 15) is 4.79 Å².